The molecule has 1 N–H and O–H groups in total. The van der Waals surface area contributed by atoms with E-state index in [0.717, 1.165) is 31.7 Å². The summed E-state index contributed by atoms with van der Waals surface area (Å²) >= 11 is 3.08. The van der Waals surface area contributed by atoms with Gasteiger partial charge in [0.15, 0.2) is 0 Å². The molecule has 1 aliphatic heterocycles. The second-order valence-electron chi connectivity index (χ2n) is 6.72. The Morgan fingerprint density at radius 3 is 2.41 bits per heavy atom. The Hall–Kier alpha value is -2.30. The van der Waals surface area contributed by atoms with Gasteiger partial charge in [0.05, 0.1) is 14.3 Å². The van der Waals surface area contributed by atoms with Crippen molar-refractivity contribution in [3.05, 3.63) is 62.6 Å². The lowest BCUT2D eigenvalue weighted by Crippen LogP contribution is -2.32. The van der Waals surface area contributed by atoms with E-state index in [0.29, 0.717) is 18.8 Å². The summed E-state index contributed by atoms with van der Waals surface area (Å²) in [4.78, 5) is 23.1. The van der Waals surface area contributed by atoms with E-state index in [-0.39, 0.29) is 20.6 Å². The van der Waals surface area contributed by atoms with Crippen molar-refractivity contribution in [2.24, 2.45) is 0 Å². The van der Waals surface area contributed by atoms with Crippen LogP contribution in [0.2, 0.25) is 0 Å². The predicted octanol–water partition coefficient (Wildman–Crippen LogP) is 4.17. The van der Waals surface area contributed by atoms with E-state index in [1.54, 1.807) is 12.1 Å². The second-order valence-corrected chi connectivity index (χ2v) is 9.52. The lowest BCUT2D eigenvalue weighted by molar-refractivity contribution is -0.385. The SMILES string of the molecule is O=C(Nc1cccc(S(=O)(=O)N2CCCCCC2)c1)c1ccc(Br)c([N+](=O)[O-])c1. The van der Waals surface area contributed by atoms with Crippen LogP contribution in [0.4, 0.5) is 11.4 Å². The molecule has 0 aromatic heterocycles. The number of nitrogens with one attached hydrogen (secondary N) is 1. The van der Waals surface area contributed by atoms with Crippen LogP contribution in [0.3, 0.4) is 0 Å². The zero-order chi connectivity index (χ0) is 21.0. The van der Waals surface area contributed by atoms with E-state index in [1.165, 1.54) is 28.6 Å². The third kappa shape index (κ3) is 5.01. The minimum Gasteiger partial charge on any atom is -0.322 e. The highest BCUT2D eigenvalue weighted by Gasteiger charge is 2.25. The van der Waals surface area contributed by atoms with Crippen LogP contribution in [0.15, 0.2) is 51.8 Å². The second kappa shape index (κ2) is 9.02. The first-order valence-electron chi connectivity index (χ1n) is 9.14. The summed E-state index contributed by atoms with van der Waals surface area (Å²) in [5.74, 6) is -0.565. The number of halogens is 1. The molecule has 2 aromatic rings. The van der Waals surface area contributed by atoms with Gasteiger partial charge in [-0.1, -0.05) is 18.9 Å². The van der Waals surface area contributed by atoms with E-state index < -0.39 is 20.9 Å². The maximum absolute atomic E-state index is 12.9. The molecule has 0 bridgehead atoms. The standard InChI is InChI=1S/C19H20BrN3O5S/c20-17-9-8-14(12-18(17)23(25)26)19(24)21-15-6-5-7-16(13-15)29(27,28)22-10-3-1-2-4-11-22/h5-9,12-13H,1-4,10-11H2,(H,21,24). The molecule has 1 fully saturated rings. The highest BCUT2D eigenvalue weighted by atomic mass is 79.9. The average Bonchev–Trinajstić information content (AvgIpc) is 2.98. The molecule has 1 saturated heterocycles. The highest BCUT2D eigenvalue weighted by molar-refractivity contribution is 9.10. The molecule has 8 nitrogen and oxygen atoms in total. The van der Waals surface area contributed by atoms with Crippen molar-refractivity contribution in [3.63, 3.8) is 0 Å². The molecular weight excluding hydrogens is 462 g/mol. The summed E-state index contributed by atoms with van der Waals surface area (Å²) in [5, 5.41) is 13.7. The highest BCUT2D eigenvalue weighted by Crippen LogP contribution is 2.27. The van der Waals surface area contributed by atoms with Crippen molar-refractivity contribution in [2.75, 3.05) is 18.4 Å². The van der Waals surface area contributed by atoms with Gasteiger partial charge in [-0.05, 0) is 59.1 Å². The first-order valence-corrected chi connectivity index (χ1v) is 11.4. The molecule has 1 heterocycles. The molecular formula is C19H20BrN3O5S. The van der Waals surface area contributed by atoms with E-state index in [1.807, 2.05) is 0 Å². The van der Waals surface area contributed by atoms with Crippen molar-refractivity contribution in [1.29, 1.82) is 0 Å². The normalized spacial score (nSPS) is 15.5. The first kappa shape index (κ1) is 21.4. The van der Waals surface area contributed by atoms with Crippen LogP contribution in [0.1, 0.15) is 36.0 Å². The first-order chi connectivity index (χ1) is 13.8. The molecule has 154 valence electrons. The Kier molecular flexibility index (Phi) is 6.66. The van der Waals surface area contributed by atoms with Crippen LogP contribution < -0.4 is 5.32 Å². The number of nitro benzene ring substituents is 1. The van der Waals surface area contributed by atoms with Crippen LogP contribution in [-0.4, -0.2) is 36.6 Å². The Labute approximate surface area is 177 Å². The van der Waals surface area contributed by atoms with Crippen molar-refractivity contribution in [2.45, 2.75) is 30.6 Å². The maximum atomic E-state index is 12.9. The number of nitro groups is 1. The average molecular weight is 482 g/mol. The van der Waals surface area contributed by atoms with E-state index in [4.69, 9.17) is 0 Å². The number of anilines is 1. The fourth-order valence-corrected chi connectivity index (χ4v) is 5.12. The topological polar surface area (TPSA) is 110 Å². The number of hydrogen-bond acceptors (Lipinski definition) is 5. The molecule has 1 aliphatic rings. The number of amides is 1. The van der Waals surface area contributed by atoms with Gasteiger partial charge in [-0.2, -0.15) is 4.31 Å². The third-order valence-corrected chi connectivity index (χ3v) is 7.26. The zero-order valence-electron chi connectivity index (χ0n) is 15.5. The van der Waals surface area contributed by atoms with Crippen LogP contribution in [-0.2, 0) is 10.0 Å². The molecule has 3 rings (SSSR count). The molecule has 2 aromatic carbocycles. The smallest absolute Gasteiger partial charge is 0.284 e. The van der Waals surface area contributed by atoms with Gasteiger partial charge >= 0.3 is 0 Å². The van der Waals surface area contributed by atoms with Gasteiger partial charge in [-0.15, -0.1) is 0 Å². The predicted molar refractivity (Wildman–Crippen MR) is 112 cm³/mol. The van der Waals surface area contributed by atoms with Crippen LogP contribution in [0.5, 0.6) is 0 Å². The molecule has 1 amide bonds. The minimum absolute atomic E-state index is 0.0979. The van der Waals surface area contributed by atoms with Crippen molar-refractivity contribution in [3.8, 4) is 0 Å². The van der Waals surface area contributed by atoms with E-state index in [2.05, 4.69) is 21.2 Å². The van der Waals surface area contributed by atoms with Gasteiger partial charge < -0.3 is 5.32 Å². The molecule has 0 radical (unpaired) electrons. The Morgan fingerprint density at radius 1 is 1.07 bits per heavy atom. The van der Waals surface area contributed by atoms with Crippen LogP contribution in [0.25, 0.3) is 0 Å². The summed E-state index contributed by atoms with van der Waals surface area (Å²) in [7, 11) is -3.65. The lowest BCUT2D eigenvalue weighted by atomic mass is 10.2. The van der Waals surface area contributed by atoms with Gasteiger partial charge in [-0.3, -0.25) is 14.9 Å². The number of nitrogens with zero attached hydrogens (tertiary/aromatic N) is 2. The van der Waals surface area contributed by atoms with E-state index in [9.17, 15) is 23.3 Å². The fourth-order valence-electron chi connectivity index (χ4n) is 3.16. The number of benzene rings is 2. The number of sulfonamides is 1. The zero-order valence-corrected chi connectivity index (χ0v) is 17.9. The number of hydrogen-bond donors (Lipinski definition) is 1. The van der Waals surface area contributed by atoms with Crippen molar-refractivity contribution >= 4 is 43.2 Å². The van der Waals surface area contributed by atoms with Crippen LogP contribution >= 0.6 is 15.9 Å². The Balaban J connectivity index is 1.82. The van der Waals surface area contributed by atoms with Gasteiger partial charge in [-0.25, -0.2) is 8.42 Å². The van der Waals surface area contributed by atoms with Gasteiger partial charge in [0.1, 0.15) is 0 Å². The summed E-state index contributed by atoms with van der Waals surface area (Å²) in [6, 6.07) is 10.1. The third-order valence-electron chi connectivity index (χ3n) is 4.70. The fraction of sp³-hybridized carbons (Fsp3) is 0.316. The molecule has 29 heavy (non-hydrogen) atoms. The summed E-state index contributed by atoms with van der Waals surface area (Å²) in [6.45, 7) is 0.975. The number of carbonyl (C=O) groups is 1. The molecule has 0 unspecified atom stereocenters. The molecule has 0 aliphatic carbocycles. The van der Waals surface area contributed by atoms with Gasteiger partial charge in [0, 0.05) is 30.4 Å². The van der Waals surface area contributed by atoms with Gasteiger partial charge in [0.2, 0.25) is 10.0 Å². The summed E-state index contributed by atoms with van der Waals surface area (Å²) < 4.78 is 27.6. The molecule has 0 spiro atoms. The summed E-state index contributed by atoms with van der Waals surface area (Å²) in [5.41, 5.74) is 0.173. The summed E-state index contributed by atoms with van der Waals surface area (Å²) in [6.07, 6.45) is 3.69. The monoisotopic (exact) mass is 481 g/mol. The van der Waals surface area contributed by atoms with Gasteiger partial charge in [0.25, 0.3) is 11.6 Å². The maximum Gasteiger partial charge on any atom is 0.284 e. The molecule has 10 heteroatoms. The van der Waals surface area contributed by atoms with Crippen molar-refractivity contribution < 1.29 is 18.1 Å². The number of carbonyl (C=O) groups excluding carboxylic acids is 1. The Morgan fingerprint density at radius 2 is 1.76 bits per heavy atom. The lowest BCUT2D eigenvalue weighted by Gasteiger charge is -2.20. The molecule has 0 saturated carbocycles. The largest absolute Gasteiger partial charge is 0.322 e. The number of rotatable bonds is 5. The quantitative estimate of drug-likeness (QED) is 0.508. The van der Waals surface area contributed by atoms with E-state index >= 15 is 0 Å². The van der Waals surface area contributed by atoms with Crippen molar-refractivity contribution in [1.82, 2.24) is 4.31 Å². The molecule has 0 atom stereocenters. The minimum atomic E-state index is -3.65. The Bertz CT molecular complexity index is 1030. The van der Waals surface area contributed by atoms with Crippen LogP contribution in [0, 0.1) is 10.1 Å².